The van der Waals surface area contributed by atoms with E-state index in [1.54, 1.807) is 6.07 Å². The Kier molecular flexibility index (Phi) is 4.09. The molecule has 0 aliphatic heterocycles. The standard InChI is InChI=1S/C13H16ClFO/c1-13(2,3)8-7-11(16)9-5-4-6-10(15)12(9)14/h4-6H,7-8H2,1-3H3. The Morgan fingerprint density at radius 1 is 1.38 bits per heavy atom. The Hall–Kier alpha value is -0.890. The molecule has 1 rings (SSSR count). The molecule has 0 saturated heterocycles. The number of ketones is 1. The van der Waals surface area contributed by atoms with E-state index in [4.69, 9.17) is 11.6 Å². The monoisotopic (exact) mass is 242 g/mol. The molecule has 0 N–H and O–H groups in total. The number of halogens is 2. The summed E-state index contributed by atoms with van der Waals surface area (Å²) in [5, 5.41) is -0.0681. The minimum atomic E-state index is -0.539. The molecule has 1 aromatic carbocycles. The van der Waals surface area contributed by atoms with Crippen molar-refractivity contribution in [2.75, 3.05) is 0 Å². The third kappa shape index (κ3) is 3.60. The highest BCUT2D eigenvalue weighted by molar-refractivity contribution is 6.34. The summed E-state index contributed by atoms with van der Waals surface area (Å²) in [5.74, 6) is -0.636. The van der Waals surface area contributed by atoms with Gasteiger partial charge in [0.05, 0.1) is 5.02 Å². The molecule has 0 spiro atoms. The van der Waals surface area contributed by atoms with Crippen LogP contribution in [0.15, 0.2) is 18.2 Å². The first-order chi connectivity index (χ1) is 7.31. The van der Waals surface area contributed by atoms with Crippen LogP contribution in [0.5, 0.6) is 0 Å². The van der Waals surface area contributed by atoms with Gasteiger partial charge in [-0.25, -0.2) is 4.39 Å². The van der Waals surface area contributed by atoms with Gasteiger partial charge in [0.15, 0.2) is 5.78 Å². The number of rotatable bonds is 3. The van der Waals surface area contributed by atoms with E-state index in [1.165, 1.54) is 12.1 Å². The minimum absolute atomic E-state index is 0.0681. The Bertz CT molecular complexity index is 393. The fourth-order valence-electron chi connectivity index (χ4n) is 1.34. The molecule has 0 bridgehead atoms. The van der Waals surface area contributed by atoms with E-state index in [-0.39, 0.29) is 21.8 Å². The lowest BCUT2D eigenvalue weighted by Crippen LogP contribution is -2.09. The molecule has 0 aromatic heterocycles. The summed E-state index contributed by atoms with van der Waals surface area (Å²) >= 11 is 5.74. The van der Waals surface area contributed by atoms with E-state index in [9.17, 15) is 9.18 Å². The largest absolute Gasteiger partial charge is 0.294 e. The Morgan fingerprint density at radius 3 is 2.56 bits per heavy atom. The van der Waals surface area contributed by atoms with Crippen molar-refractivity contribution in [1.82, 2.24) is 0 Å². The highest BCUT2D eigenvalue weighted by Gasteiger charge is 2.17. The minimum Gasteiger partial charge on any atom is -0.294 e. The predicted octanol–water partition coefficient (Wildman–Crippen LogP) is 4.49. The summed E-state index contributed by atoms with van der Waals surface area (Å²) in [4.78, 5) is 11.8. The first-order valence-corrected chi connectivity index (χ1v) is 5.66. The van der Waals surface area contributed by atoms with E-state index < -0.39 is 5.82 Å². The van der Waals surface area contributed by atoms with E-state index in [1.807, 2.05) is 0 Å². The third-order valence-corrected chi connectivity index (χ3v) is 2.74. The normalized spacial score (nSPS) is 11.6. The summed E-state index contributed by atoms with van der Waals surface area (Å²) < 4.78 is 13.1. The summed E-state index contributed by atoms with van der Waals surface area (Å²) in [7, 11) is 0. The molecule has 0 radical (unpaired) electrons. The molecule has 1 aromatic rings. The van der Waals surface area contributed by atoms with Crippen LogP contribution in [0.3, 0.4) is 0 Å². The van der Waals surface area contributed by atoms with Gasteiger partial charge in [0.2, 0.25) is 0 Å². The SMILES string of the molecule is CC(C)(C)CCC(=O)c1cccc(F)c1Cl. The second kappa shape index (κ2) is 4.96. The van der Waals surface area contributed by atoms with Crippen LogP contribution in [0, 0.1) is 11.2 Å². The number of Topliss-reactive ketones (excluding diaryl/α,β-unsaturated/α-hetero) is 1. The van der Waals surface area contributed by atoms with E-state index in [0.717, 1.165) is 6.42 Å². The van der Waals surface area contributed by atoms with E-state index >= 15 is 0 Å². The molecule has 0 amide bonds. The maximum absolute atomic E-state index is 13.1. The smallest absolute Gasteiger partial charge is 0.164 e. The van der Waals surface area contributed by atoms with Gasteiger partial charge in [-0.2, -0.15) is 0 Å². The molecule has 0 unspecified atom stereocenters. The van der Waals surface area contributed by atoms with Gasteiger partial charge in [0.25, 0.3) is 0 Å². The fourth-order valence-corrected chi connectivity index (χ4v) is 1.57. The third-order valence-electron chi connectivity index (χ3n) is 2.35. The molecular formula is C13H16ClFO. The molecule has 0 saturated carbocycles. The lowest BCUT2D eigenvalue weighted by atomic mass is 9.88. The van der Waals surface area contributed by atoms with Gasteiger partial charge in [-0.05, 0) is 24.0 Å². The van der Waals surface area contributed by atoms with Crippen molar-refractivity contribution in [1.29, 1.82) is 0 Å². The van der Waals surface area contributed by atoms with Gasteiger partial charge in [-0.15, -0.1) is 0 Å². The van der Waals surface area contributed by atoms with Crippen LogP contribution in [0.4, 0.5) is 4.39 Å². The van der Waals surface area contributed by atoms with Gasteiger partial charge in [-0.1, -0.05) is 38.4 Å². The van der Waals surface area contributed by atoms with Crippen molar-refractivity contribution < 1.29 is 9.18 Å². The van der Waals surface area contributed by atoms with Gasteiger partial charge >= 0.3 is 0 Å². The van der Waals surface area contributed by atoms with Crippen molar-refractivity contribution in [3.8, 4) is 0 Å². The molecule has 3 heteroatoms. The Labute approximate surface area is 101 Å². The number of hydrogen-bond acceptors (Lipinski definition) is 1. The van der Waals surface area contributed by atoms with Crippen molar-refractivity contribution in [3.63, 3.8) is 0 Å². The average molecular weight is 243 g/mol. The lowest BCUT2D eigenvalue weighted by molar-refractivity contribution is 0.0965. The van der Waals surface area contributed by atoms with Crippen LogP contribution < -0.4 is 0 Å². The Balaban J connectivity index is 2.78. The zero-order valence-corrected chi connectivity index (χ0v) is 10.6. The molecule has 1 nitrogen and oxygen atoms in total. The first kappa shape index (κ1) is 13.2. The van der Waals surface area contributed by atoms with Crippen LogP contribution in [0.25, 0.3) is 0 Å². The number of hydrogen-bond donors (Lipinski definition) is 0. The molecule has 88 valence electrons. The molecule has 0 aliphatic carbocycles. The molecule has 16 heavy (non-hydrogen) atoms. The van der Waals surface area contributed by atoms with Gasteiger partial charge in [-0.3, -0.25) is 4.79 Å². The average Bonchev–Trinajstić information content (AvgIpc) is 2.17. The molecular weight excluding hydrogens is 227 g/mol. The highest BCUT2D eigenvalue weighted by atomic mass is 35.5. The molecule has 0 heterocycles. The van der Waals surface area contributed by atoms with Crippen LogP contribution >= 0.6 is 11.6 Å². The zero-order valence-electron chi connectivity index (χ0n) is 9.81. The summed E-state index contributed by atoms with van der Waals surface area (Å²) in [6, 6.07) is 4.32. The number of carbonyl (C=O) groups excluding carboxylic acids is 1. The molecule has 0 atom stereocenters. The van der Waals surface area contributed by atoms with Crippen LogP contribution in [-0.4, -0.2) is 5.78 Å². The number of carbonyl (C=O) groups is 1. The van der Waals surface area contributed by atoms with Gasteiger partial charge in [0.1, 0.15) is 5.82 Å². The van der Waals surface area contributed by atoms with Crippen LogP contribution in [-0.2, 0) is 0 Å². The maximum Gasteiger partial charge on any atom is 0.164 e. The second-order valence-corrected chi connectivity index (χ2v) is 5.46. The molecule has 0 aliphatic rings. The zero-order chi connectivity index (χ0) is 12.3. The van der Waals surface area contributed by atoms with Crippen molar-refractivity contribution >= 4 is 17.4 Å². The van der Waals surface area contributed by atoms with E-state index in [0.29, 0.717) is 6.42 Å². The maximum atomic E-state index is 13.1. The summed E-state index contributed by atoms with van der Waals surface area (Å²) in [6.07, 6.45) is 1.16. The second-order valence-electron chi connectivity index (χ2n) is 5.09. The Morgan fingerprint density at radius 2 is 2.00 bits per heavy atom. The van der Waals surface area contributed by atoms with Gasteiger partial charge in [0, 0.05) is 12.0 Å². The van der Waals surface area contributed by atoms with Crippen molar-refractivity contribution in [2.24, 2.45) is 5.41 Å². The summed E-state index contributed by atoms with van der Waals surface area (Å²) in [5.41, 5.74) is 0.376. The topological polar surface area (TPSA) is 17.1 Å². The van der Waals surface area contributed by atoms with Crippen molar-refractivity contribution in [3.05, 3.63) is 34.6 Å². The van der Waals surface area contributed by atoms with Crippen LogP contribution in [0.2, 0.25) is 5.02 Å². The summed E-state index contributed by atoms with van der Waals surface area (Å²) in [6.45, 7) is 6.19. The molecule has 0 fully saturated rings. The highest BCUT2D eigenvalue weighted by Crippen LogP contribution is 2.25. The number of benzene rings is 1. The van der Waals surface area contributed by atoms with E-state index in [2.05, 4.69) is 20.8 Å². The quantitative estimate of drug-likeness (QED) is 0.714. The lowest BCUT2D eigenvalue weighted by Gasteiger charge is -2.17. The van der Waals surface area contributed by atoms with Gasteiger partial charge < -0.3 is 0 Å². The van der Waals surface area contributed by atoms with Crippen LogP contribution in [0.1, 0.15) is 44.0 Å². The fraction of sp³-hybridized carbons (Fsp3) is 0.462. The first-order valence-electron chi connectivity index (χ1n) is 5.28. The predicted molar refractivity (Wildman–Crippen MR) is 64.4 cm³/mol. The van der Waals surface area contributed by atoms with Crippen molar-refractivity contribution in [2.45, 2.75) is 33.6 Å².